The molecule has 0 unspecified atom stereocenters. The van der Waals surface area contributed by atoms with Gasteiger partial charge < -0.3 is 5.32 Å². The van der Waals surface area contributed by atoms with Crippen LogP contribution in [0.15, 0.2) is 24.3 Å². The lowest BCUT2D eigenvalue weighted by atomic mass is 9.92. The summed E-state index contributed by atoms with van der Waals surface area (Å²) in [5.41, 5.74) is 0.401. The van der Waals surface area contributed by atoms with Crippen LogP contribution in [0.5, 0.6) is 0 Å². The van der Waals surface area contributed by atoms with Crippen LogP contribution < -0.4 is 5.32 Å². The number of nitrogens with one attached hydrogen (secondary N) is 1. The van der Waals surface area contributed by atoms with E-state index in [0.29, 0.717) is 18.5 Å². The van der Waals surface area contributed by atoms with Gasteiger partial charge in [-0.1, -0.05) is 12.1 Å². The lowest BCUT2D eigenvalue weighted by molar-refractivity contribution is -0.0361. The minimum Gasteiger partial charge on any atom is -0.380 e. The molecule has 1 aliphatic rings. The summed E-state index contributed by atoms with van der Waals surface area (Å²) in [6.45, 7) is 0. The Labute approximate surface area is 92.7 Å². The van der Waals surface area contributed by atoms with E-state index in [1.807, 2.05) is 0 Å². The van der Waals surface area contributed by atoms with Gasteiger partial charge in [0.05, 0.1) is 5.69 Å². The molecule has 0 atom stereocenters. The number of alkyl halides is 2. The normalized spacial score (nSPS) is 20.7. The Kier molecular flexibility index (Phi) is 3.08. The van der Waals surface area contributed by atoms with Gasteiger partial charge in [0.15, 0.2) is 0 Å². The van der Waals surface area contributed by atoms with Crippen LogP contribution in [0, 0.1) is 5.82 Å². The first kappa shape index (κ1) is 11.3. The van der Waals surface area contributed by atoms with E-state index in [0.717, 1.165) is 0 Å². The molecule has 1 aromatic carbocycles. The summed E-state index contributed by atoms with van der Waals surface area (Å²) >= 11 is 0. The molecule has 1 N–H and O–H groups in total. The van der Waals surface area contributed by atoms with Crippen LogP contribution in [-0.2, 0) is 0 Å². The van der Waals surface area contributed by atoms with E-state index >= 15 is 0 Å². The molecule has 2 rings (SSSR count). The minimum atomic E-state index is -2.53. The SMILES string of the molecule is Fc1ccccc1NC1CCC(F)(F)CC1. The number of anilines is 1. The molecule has 0 radical (unpaired) electrons. The van der Waals surface area contributed by atoms with Gasteiger partial charge in [0, 0.05) is 18.9 Å². The van der Waals surface area contributed by atoms with E-state index in [9.17, 15) is 13.2 Å². The summed E-state index contributed by atoms with van der Waals surface area (Å²) in [5, 5.41) is 2.98. The minimum absolute atomic E-state index is 0.0449. The van der Waals surface area contributed by atoms with Crippen LogP contribution in [0.25, 0.3) is 0 Å². The molecule has 1 nitrogen and oxygen atoms in total. The number of halogens is 3. The van der Waals surface area contributed by atoms with E-state index in [4.69, 9.17) is 0 Å². The Hall–Kier alpha value is -1.19. The Morgan fingerprint density at radius 3 is 2.38 bits per heavy atom. The third-order valence-corrected chi connectivity index (χ3v) is 2.95. The van der Waals surface area contributed by atoms with Gasteiger partial charge in [-0.3, -0.25) is 0 Å². The van der Waals surface area contributed by atoms with Crippen molar-refractivity contribution in [2.24, 2.45) is 0 Å². The highest BCUT2D eigenvalue weighted by Gasteiger charge is 2.34. The molecular weight excluding hydrogens is 215 g/mol. The van der Waals surface area contributed by atoms with Gasteiger partial charge in [0.2, 0.25) is 5.92 Å². The van der Waals surface area contributed by atoms with Crippen LogP contribution in [-0.4, -0.2) is 12.0 Å². The third-order valence-electron chi connectivity index (χ3n) is 2.95. The van der Waals surface area contributed by atoms with Crippen molar-refractivity contribution < 1.29 is 13.2 Å². The molecule has 0 aromatic heterocycles. The molecule has 1 fully saturated rings. The molecule has 1 aromatic rings. The van der Waals surface area contributed by atoms with Crippen LogP contribution in [0.2, 0.25) is 0 Å². The lowest BCUT2D eigenvalue weighted by Crippen LogP contribution is -2.32. The van der Waals surface area contributed by atoms with Gasteiger partial charge in [-0.25, -0.2) is 13.2 Å². The molecule has 0 saturated heterocycles. The molecule has 4 heteroatoms. The zero-order chi connectivity index (χ0) is 11.6. The second-order valence-corrected chi connectivity index (χ2v) is 4.25. The van der Waals surface area contributed by atoms with Crippen LogP contribution in [0.3, 0.4) is 0 Å². The average molecular weight is 229 g/mol. The largest absolute Gasteiger partial charge is 0.380 e. The highest BCUT2D eigenvalue weighted by molar-refractivity contribution is 5.45. The molecule has 0 bridgehead atoms. The Bertz CT molecular complexity index is 355. The molecule has 88 valence electrons. The van der Waals surface area contributed by atoms with Gasteiger partial charge in [-0.05, 0) is 25.0 Å². The second kappa shape index (κ2) is 4.36. The summed E-state index contributed by atoms with van der Waals surface area (Å²) in [5.74, 6) is -2.87. The maximum atomic E-state index is 13.3. The first-order chi connectivity index (χ1) is 7.57. The Morgan fingerprint density at radius 2 is 1.75 bits per heavy atom. The van der Waals surface area contributed by atoms with Gasteiger partial charge in [-0.15, -0.1) is 0 Å². The average Bonchev–Trinajstić information content (AvgIpc) is 2.24. The van der Waals surface area contributed by atoms with Crippen molar-refractivity contribution in [1.29, 1.82) is 0 Å². The van der Waals surface area contributed by atoms with E-state index in [1.165, 1.54) is 6.07 Å². The van der Waals surface area contributed by atoms with E-state index in [1.54, 1.807) is 18.2 Å². The first-order valence-corrected chi connectivity index (χ1v) is 5.46. The van der Waals surface area contributed by atoms with Crippen LogP contribution in [0.4, 0.5) is 18.9 Å². The molecule has 16 heavy (non-hydrogen) atoms. The fourth-order valence-corrected chi connectivity index (χ4v) is 1.98. The number of para-hydroxylation sites is 1. The number of rotatable bonds is 2. The molecule has 0 heterocycles. The van der Waals surface area contributed by atoms with Crippen LogP contribution in [0.1, 0.15) is 25.7 Å². The zero-order valence-corrected chi connectivity index (χ0v) is 8.85. The third kappa shape index (κ3) is 2.68. The number of benzene rings is 1. The van der Waals surface area contributed by atoms with E-state index in [2.05, 4.69) is 5.32 Å². The summed E-state index contributed by atoms with van der Waals surface area (Å²) in [6, 6.07) is 6.27. The molecule has 1 saturated carbocycles. The predicted molar refractivity (Wildman–Crippen MR) is 57.2 cm³/mol. The molecule has 0 spiro atoms. The lowest BCUT2D eigenvalue weighted by Gasteiger charge is -2.29. The van der Waals surface area contributed by atoms with Gasteiger partial charge in [-0.2, -0.15) is 0 Å². The molecule has 0 amide bonds. The summed E-state index contributed by atoms with van der Waals surface area (Å²) in [7, 11) is 0. The second-order valence-electron chi connectivity index (χ2n) is 4.25. The van der Waals surface area contributed by atoms with Crippen molar-refractivity contribution in [3.05, 3.63) is 30.1 Å². The maximum Gasteiger partial charge on any atom is 0.248 e. The zero-order valence-electron chi connectivity index (χ0n) is 8.85. The Morgan fingerprint density at radius 1 is 1.12 bits per heavy atom. The number of hydrogen-bond acceptors (Lipinski definition) is 1. The summed E-state index contributed by atoms with van der Waals surface area (Å²) < 4.78 is 39.1. The standard InChI is InChI=1S/C12H14F3N/c13-10-3-1-2-4-11(10)16-9-5-7-12(14,15)8-6-9/h1-4,9,16H,5-8H2. The quantitative estimate of drug-likeness (QED) is 0.813. The first-order valence-electron chi connectivity index (χ1n) is 5.46. The fraction of sp³-hybridized carbons (Fsp3) is 0.500. The van der Waals surface area contributed by atoms with Gasteiger partial charge >= 0.3 is 0 Å². The maximum absolute atomic E-state index is 13.3. The van der Waals surface area contributed by atoms with Crippen molar-refractivity contribution in [2.75, 3.05) is 5.32 Å². The van der Waals surface area contributed by atoms with Crippen LogP contribution >= 0.6 is 0 Å². The monoisotopic (exact) mass is 229 g/mol. The summed E-state index contributed by atoms with van der Waals surface area (Å²) in [4.78, 5) is 0. The van der Waals surface area contributed by atoms with Crippen molar-refractivity contribution in [1.82, 2.24) is 0 Å². The molecular formula is C12H14F3N. The van der Waals surface area contributed by atoms with Crippen molar-refractivity contribution in [3.8, 4) is 0 Å². The number of hydrogen-bond donors (Lipinski definition) is 1. The van der Waals surface area contributed by atoms with Crippen molar-refractivity contribution in [3.63, 3.8) is 0 Å². The molecule has 0 aliphatic heterocycles. The topological polar surface area (TPSA) is 12.0 Å². The fourth-order valence-electron chi connectivity index (χ4n) is 1.98. The highest BCUT2D eigenvalue weighted by atomic mass is 19.3. The predicted octanol–water partition coefficient (Wildman–Crippen LogP) is 3.82. The van der Waals surface area contributed by atoms with E-state index in [-0.39, 0.29) is 24.7 Å². The molecule has 1 aliphatic carbocycles. The van der Waals surface area contributed by atoms with Crippen molar-refractivity contribution >= 4 is 5.69 Å². The highest BCUT2D eigenvalue weighted by Crippen LogP contribution is 2.34. The Balaban J connectivity index is 1.95. The van der Waals surface area contributed by atoms with E-state index < -0.39 is 5.92 Å². The van der Waals surface area contributed by atoms with Crippen molar-refractivity contribution in [2.45, 2.75) is 37.6 Å². The summed E-state index contributed by atoms with van der Waals surface area (Å²) in [6.07, 6.45) is 0.556. The van der Waals surface area contributed by atoms with Gasteiger partial charge in [0.1, 0.15) is 5.82 Å². The van der Waals surface area contributed by atoms with Gasteiger partial charge in [0.25, 0.3) is 0 Å². The smallest absolute Gasteiger partial charge is 0.248 e.